The van der Waals surface area contributed by atoms with Crippen LogP contribution in [0, 0.1) is 20.8 Å². The van der Waals surface area contributed by atoms with Crippen molar-refractivity contribution in [2.45, 2.75) is 27.3 Å². The van der Waals surface area contributed by atoms with Gasteiger partial charge in [0.05, 0.1) is 5.69 Å². The number of nitrogens with one attached hydrogen (secondary N) is 1. The van der Waals surface area contributed by atoms with Gasteiger partial charge in [0.15, 0.2) is 0 Å². The zero-order chi connectivity index (χ0) is 14.0. The van der Waals surface area contributed by atoms with Crippen LogP contribution in [-0.2, 0) is 6.54 Å². The van der Waals surface area contributed by atoms with Gasteiger partial charge in [0.1, 0.15) is 0 Å². The molecule has 1 nitrogen and oxygen atoms in total. The molecule has 19 heavy (non-hydrogen) atoms. The molecule has 0 saturated heterocycles. The van der Waals surface area contributed by atoms with E-state index < -0.39 is 0 Å². The summed E-state index contributed by atoms with van der Waals surface area (Å²) in [5, 5.41) is 4.23. The molecule has 0 amide bonds. The Bertz CT molecular complexity index is 588. The van der Waals surface area contributed by atoms with Gasteiger partial charge in [-0.15, -0.1) is 0 Å². The SMILES string of the molecule is Cc1cc(Br)c(NCc2c(C)cccc2C)cc1Cl. The van der Waals surface area contributed by atoms with E-state index in [9.17, 15) is 0 Å². The molecular weight excluding hydrogens is 322 g/mol. The molecule has 2 aromatic carbocycles. The minimum Gasteiger partial charge on any atom is -0.380 e. The van der Waals surface area contributed by atoms with Gasteiger partial charge in [-0.2, -0.15) is 0 Å². The zero-order valence-corrected chi connectivity index (χ0v) is 13.7. The van der Waals surface area contributed by atoms with E-state index in [0.29, 0.717) is 0 Å². The first-order chi connectivity index (χ1) is 8.99. The van der Waals surface area contributed by atoms with Crippen LogP contribution >= 0.6 is 27.5 Å². The van der Waals surface area contributed by atoms with Crippen molar-refractivity contribution in [2.24, 2.45) is 0 Å². The lowest BCUT2D eigenvalue weighted by atomic mass is 10.0. The average molecular weight is 339 g/mol. The fourth-order valence-corrected chi connectivity index (χ4v) is 2.85. The Kier molecular flexibility index (Phi) is 4.54. The highest BCUT2D eigenvalue weighted by Crippen LogP contribution is 2.29. The van der Waals surface area contributed by atoms with Crippen LogP contribution in [0.4, 0.5) is 5.69 Å². The van der Waals surface area contributed by atoms with E-state index in [0.717, 1.165) is 27.3 Å². The summed E-state index contributed by atoms with van der Waals surface area (Å²) in [5.74, 6) is 0. The van der Waals surface area contributed by atoms with E-state index in [4.69, 9.17) is 11.6 Å². The minimum absolute atomic E-state index is 0.784. The van der Waals surface area contributed by atoms with Crippen molar-refractivity contribution in [2.75, 3.05) is 5.32 Å². The summed E-state index contributed by atoms with van der Waals surface area (Å²) in [6, 6.07) is 10.4. The molecular formula is C16H17BrClN. The summed E-state index contributed by atoms with van der Waals surface area (Å²) < 4.78 is 1.04. The van der Waals surface area contributed by atoms with Crippen LogP contribution in [0.1, 0.15) is 22.3 Å². The molecule has 1 N–H and O–H groups in total. The van der Waals surface area contributed by atoms with Gasteiger partial charge in [0.25, 0.3) is 0 Å². The van der Waals surface area contributed by atoms with Gasteiger partial charge in [-0.25, -0.2) is 0 Å². The predicted molar refractivity (Wildman–Crippen MR) is 87.1 cm³/mol. The molecule has 0 aromatic heterocycles. The Morgan fingerprint density at radius 1 is 1.05 bits per heavy atom. The van der Waals surface area contributed by atoms with E-state index in [1.165, 1.54) is 16.7 Å². The fourth-order valence-electron chi connectivity index (χ4n) is 2.09. The molecule has 0 aliphatic carbocycles. The third-order valence-corrected chi connectivity index (χ3v) is 4.41. The normalized spacial score (nSPS) is 10.6. The topological polar surface area (TPSA) is 12.0 Å². The predicted octanol–water partition coefficient (Wildman–Crippen LogP) is 5.64. The third kappa shape index (κ3) is 3.31. The zero-order valence-electron chi connectivity index (χ0n) is 11.3. The van der Waals surface area contributed by atoms with E-state index in [-0.39, 0.29) is 0 Å². The molecule has 0 radical (unpaired) electrons. The molecule has 0 bridgehead atoms. The number of hydrogen-bond donors (Lipinski definition) is 1. The van der Waals surface area contributed by atoms with Crippen LogP contribution in [0.25, 0.3) is 0 Å². The molecule has 3 heteroatoms. The van der Waals surface area contributed by atoms with Gasteiger partial charge in [-0.1, -0.05) is 29.8 Å². The van der Waals surface area contributed by atoms with E-state index in [1.54, 1.807) is 0 Å². The average Bonchev–Trinajstić information content (AvgIpc) is 2.34. The maximum Gasteiger partial charge on any atom is 0.0502 e. The standard InChI is InChI=1S/C16H17BrClN/c1-10-5-4-6-11(2)13(10)9-19-16-8-15(18)12(3)7-14(16)17/h4-8,19H,9H2,1-3H3. The van der Waals surface area contributed by atoms with Gasteiger partial charge in [-0.3, -0.25) is 0 Å². The number of anilines is 1. The monoisotopic (exact) mass is 337 g/mol. The second kappa shape index (κ2) is 5.98. The van der Waals surface area contributed by atoms with E-state index in [2.05, 4.69) is 53.3 Å². The number of hydrogen-bond acceptors (Lipinski definition) is 1. The first-order valence-electron chi connectivity index (χ1n) is 6.23. The lowest BCUT2D eigenvalue weighted by Crippen LogP contribution is -2.04. The lowest BCUT2D eigenvalue weighted by molar-refractivity contribution is 1.09. The number of aryl methyl sites for hydroxylation is 3. The van der Waals surface area contributed by atoms with E-state index in [1.807, 2.05) is 19.1 Å². The summed E-state index contributed by atoms with van der Waals surface area (Å²) in [7, 11) is 0. The van der Waals surface area contributed by atoms with Crippen LogP contribution in [0.15, 0.2) is 34.8 Å². The highest BCUT2D eigenvalue weighted by molar-refractivity contribution is 9.10. The molecule has 0 aliphatic heterocycles. The number of rotatable bonds is 3. The smallest absolute Gasteiger partial charge is 0.0502 e. The first-order valence-corrected chi connectivity index (χ1v) is 7.40. The summed E-state index contributed by atoms with van der Waals surface area (Å²) in [6.07, 6.45) is 0. The molecule has 0 aliphatic rings. The van der Waals surface area contributed by atoms with Crippen LogP contribution in [0.3, 0.4) is 0 Å². The number of benzene rings is 2. The van der Waals surface area contributed by atoms with Crippen molar-refractivity contribution in [3.8, 4) is 0 Å². The Labute approximate surface area is 128 Å². The van der Waals surface area contributed by atoms with Crippen LogP contribution < -0.4 is 5.32 Å². The summed E-state index contributed by atoms with van der Waals surface area (Å²) in [6.45, 7) is 7.08. The van der Waals surface area contributed by atoms with Crippen molar-refractivity contribution < 1.29 is 0 Å². The molecule has 0 saturated carbocycles. The Balaban J connectivity index is 2.22. The van der Waals surface area contributed by atoms with Crippen molar-refractivity contribution in [1.29, 1.82) is 0 Å². The Morgan fingerprint density at radius 3 is 2.32 bits per heavy atom. The van der Waals surface area contributed by atoms with Crippen molar-refractivity contribution in [3.05, 3.63) is 62.1 Å². The maximum absolute atomic E-state index is 6.17. The van der Waals surface area contributed by atoms with Crippen molar-refractivity contribution >= 4 is 33.2 Å². The van der Waals surface area contributed by atoms with Gasteiger partial charge in [0, 0.05) is 16.0 Å². The van der Waals surface area contributed by atoms with Gasteiger partial charge >= 0.3 is 0 Å². The minimum atomic E-state index is 0.784. The van der Waals surface area contributed by atoms with Gasteiger partial charge in [-0.05, 0) is 71.1 Å². The largest absolute Gasteiger partial charge is 0.380 e. The summed E-state index contributed by atoms with van der Waals surface area (Å²) >= 11 is 9.74. The molecule has 0 heterocycles. The first kappa shape index (κ1) is 14.4. The molecule has 0 atom stereocenters. The Hall–Kier alpha value is -0.990. The van der Waals surface area contributed by atoms with Crippen LogP contribution in [-0.4, -0.2) is 0 Å². The van der Waals surface area contributed by atoms with E-state index >= 15 is 0 Å². The molecule has 2 aromatic rings. The van der Waals surface area contributed by atoms with Crippen molar-refractivity contribution in [3.63, 3.8) is 0 Å². The summed E-state index contributed by atoms with van der Waals surface area (Å²) in [5.41, 5.74) is 6.05. The highest BCUT2D eigenvalue weighted by atomic mass is 79.9. The van der Waals surface area contributed by atoms with Gasteiger partial charge in [0.2, 0.25) is 0 Å². The fraction of sp³-hybridized carbons (Fsp3) is 0.250. The lowest BCUT2D eigenvalue weighted by Gasteiger charge is -2.14. The molecule has 0 unspecified atom stereocenters. The molecule has 0 spiro atoms. The third-order valence-electron chi connectivity index (χ3n) is 3.35. The summed E-state index contributed by atoms with van der Waals surface area (Å²) in [4.78, 5) is 0. The molecule has 100 valence electrons. The van der Waals surface area contributed by atoms with Crippen LogP contribution in [0.5, 0.6) is 0 Å². The Morgan fingerprint density at radius 2 is 1.68 bits per heavy atom. The highest BCUT2D eigenvalue weighted by Gasteiger charge is 2.06. The maximum atomic E-state index is 6.17. The number of halogens is 2. The van der Waals surface area contributed by atoms with Gasteiger partial charge < -0.3 is 5.32 Å². The van der Waals surface area contributed by atoms with Crippen molar-refractivity contribution in [1.82, 2.24) is 0 Å². The second-order valence-corrected chi connectivity index (χ2v) is 6.07. The van der Waals surface area contributed by atoms with Crippen LogP contribution in [0.2, 0.25) is 5.02 Å². The molecule has 2 rings (SSSR count). The molecule has 0 fully saturated rings. The quantitative estimate of drug-likeness (QED) is 0.763. The second-order valence-electron chi connectivity index (χ2n) is 4.81.